The smallest absolute Gasteiger partial charge is 0.231 e. The van der Waals surface area contributed by atoms with Gasteiger partial charge in [-0.15, -0.1) is 0 Å². The Hall–Kier alpha value is -2.12. The summed E-state index contributed by atoms with van der Waals surface area (Å²) in [5, 5.41) is 17.0. The van der Waals surface area contributed by atoms with Crippen molar-refractivity contribution in [1.29, 1.82) is 0 Å². The summed E-state index contributed by atoms with van der Waals surface area (Å²) in [6, 6.07) is 8.15. The fraction of sp³-hybridized carbons (Fsp3) is 0.579. The molecule has 144 valence electrons. The summed E-state index contributed by atoms with van der Waals surface area (Å²) in [5.74, 6) is 0.434. The maximum Gasteiger partial charge on any atom is 0.231 e. The summed E-state index contributed by atoms with van der Waals surface area (Å²) >= 11 is 0. The van der Waals surface area contributed by atoms with E-state index in [0.717, 1.165) is 38.0 Å². The first kappa shape index (κ1) is 20.2. The number of aliphatic hydroxyl groups excluding tert-OH is 1. The van der Waals surface area contributed by atoms with Crippen LogP contribution in [-0.4, -0.2) is 60.6 Å². The van der Waals surface area contributed by atoms with Crippen molar-refractivity contribution >= 4 is 11.9 Å². The number of nitrogens with one attached hydrogen (secondary N) is 2. The normalized spacial score (nSPS) is 17.7. The van der Waals surface area contributed by atoms with Crippen molar-refractivity contribution in [3.63, 3.8) is 0 Å². The predicted molar refractivity (Wildman–Crippen MR) is 104 cm³/mol. The molecule has 1 fully saturated rings. The molecule has 0 spiro atoms. The Morgan fingerprint density at radius 3 is 2.58 bits per heavy atom. The standard InChI is InChI=1S/C19H31N5O2/c1-3-21-19(22-12-17(25)15-6-4-14(2)5-7-15)23-16-8-10-24(11-9-16)13-18(20)26/h4-7,16-17,25H,3,8-13H2,1-2H3,(H2,20,26)(H2,21,22,23). The minimum Gasteiger partial charge on any atom is -0.386 e. The van der Waals surface area contributed by atoms with Crippen LogP contribution in [0.4, 0.5) is 0 Å². The zero-order chi connectivity index (χ0) is 18.9. The van der Waals surface area contributed by atoms with Gasteiger partial charge in [-0.3, -0.25) is 14.7 Å². The highest BCUT2D eigenvalue weighted by atomic mass is 16.3. The number of aliphatic hydroxyl groups is 1. The number of aryl methyl sites for hydroxylation is 1. The monoisotopic (exact) mass is 361 g/mol. The van der Waals surface area contributed by atoms with Gasteiger partial charge in [0.2, 0.25) is 5.91 Å². The number of carbonyl (C=O) groups is 1. The van der Waals surface area contributed by atoms with E-state index >= 15 is 0 Å². The number of primary amides is 1. The lowest BCUT2D eigenvalue weighted by atomic mass is 10.1. The van der Waals surface area contributed by atoms with Gasteiger partial charge in [-0.2, -0.15) is 0 Å². The third-order valence-corrected chi connectivity index (χ3v) is 4.54. The van der Waals surface area contributed by atoms with Gasteiger partial charge in [-0.25, -0.2) is 0 Å². The number of hydrogen-bond donors (Lipinski definition) is 4. The van der Waals surface area contributed by atoms with Crippen molar-refractivity contribution in [3.8, 4) is 0 Å². The van der Waals surface area contributed by atoms with E-state index in [1.807, 2.05) is 38.1 Å². The molecule has 1 aromatic rings. The molecular formula is C19H31N5O2. The Bertz CT molecular complexity index is 594. The number of likely N-dealkylation sites (tertiary alicyclic amines) is 1. The third kappa shape index (κ3) is 6.65. The van der Waals surface area contributed by atoms with Crippen molar-refractivity contribution < 1.29 is 9.90 Å². The molecule has 2 rings (SSSR count). The molecular weight excluding hydrogens is 330 g/mol. The van der Waals surface area contributed by atoms with Crippen LogP contribution in [0.1, 0.15) is 37.0 Å². The number of aliphatic imine (C=N–C) groups is 1. The molecule has 1 heterocycles. The van der Waals surface area contributed by atoms with Gasteiger partial charge in [0.25, 0.3) is 0 Å². The first-order valence-corrected chi connectivity index (χ1v) is 9.28. The number of amides is 1. The van der Waals surface area contributed by atoms with E-state index in [0.29, 0.717) is 25.1 Å². The van der Waals surface area contributed by atoms with Gasteiger partial charge in [0.1, 0.15) is 0 Å². The van der Waals surface area contributed by atoms with Crippen molar-refractivity contribution in [2.24, 2.45) is 10.7 Å². The van der Waals surface area contributed by atoms with E-state index in [1.165, 1.54) is 5.56 Å². The zero-order valence-corrected chi connectivity index (χ0v) is 15.7. The number of hydrogen-bond acceptors (Lipinski definition) is 4. The van der Waals surface area contributed by atoms with Crippen LogP contribution in [0, 0.1) is 6.92 Å². The van der Waals surface area contributed by atoms with E-state index in [4.69, 9.17) is 5.73 Å². The average Bonchev–Trinajstić information content (AvgIpc) is 2.61. The maximum atomic E-state index is 11.0. The maximum absolute atomic E-state index is 11.0. The van der Waals surface area contributed by atoms with Crippen molar-refractivity contribution in [1.82, 2.24) is 15.5 Å². The lowest BCUT2D eigenvalue weighted by molar-refractivity contribution is -0.119. The van der Waals surface area contributed by atoms with Gasteiger partial charge in [0, 0.05) is 25.7 Å². The molecule has 0 aliphatic carbocycles. The summed E-state index contributed by atoms with van der Waals surface area (Å²) in [6.45, 7) is 7.10. The van der Waals surface area contributed by atoms with Crippen molar-refractivity contribution in [3.05, 3.63) is 35.4 Å². The molecule has 0 bridgehead atoms. The van der Waals surface area contributed by atoms with Gasteiger partial charge in [-0.05, 0) is 32.3 Å². The number of nitrogens with zero attached hydrogens (tertiary/aromatic N) is 2. The number of carbonyl (C=O) groups excluding carboxylic acids is 1. The first-order valence-electron chi connectivity index (χ1n) is 9.28. The fourth-order valence-electron chi connectivity index (χ4n) is 3.04. The molecule has 1 amide bonds. The molecule has 1 aromatic carbocycles. The quantitative estimate of drug-likeness (QED) is 0.419. The molecule has 1 atom stereocenters. The van der Waals surface area contributed by atoms with Crippen LogP contribution >= 0.6 is 0 Å². The number of piperidine rings is 1. The molecule has 1 aliphatic rings. The molecule has 5 N–H and O–H groups in total. The Morgan fingerprint density at radius 2 is 2.00 bits per heavy atom. The summed E-state index contributed by atoms with van der Waals surface area (Å²) in [5.41, 5.74) is 7.29. The Labute approximate surface area is 155 Å². The van der Waals surface area contributed by atoms with Gasteiger partial charge >= 0.3 is 0 Å². The highest BCUT2D eigenvalue weighted by Crippen LogP contribution is 2.14. The van der Waals surface area contributed by atoms with Crippen LogP contribution in [0.2, 0.25) is 0 Å². The van der Waals surface area contributed by atoms with Crippen LogP contribution in [0.15, 0.2) is 29.3 Å². The molecule has 1 unspecified atom stereocenters. The van der Waals surface area contributed by atoms with Gasteiger partial charge in [0.05, 0.1) is 19.2 Å². The van der Waals surface area contributed by atoms with Crippen LogP contribution < -0.4 is 16.4 Å². The highest BCUT2D eigenvalue weighted by molar-refractivity contribution is 5.80. The minimum absolute atomic E-state index is 0.281. The molecule has 1 saturated heterocycles. The number of benzene rings is 1. The Morgan fingerprint density at radius 1 is 1.35 bits per heavy atom. The summed E-state index contributed by atoms with van der Waals surface area (Å²) in [4.78, 5) is 17.6. The lowest BCUT2D eigenvalue weighted by Gasteiger charge is -2.32. The average molecular weight is 361 g/mol. The summed E-state index contributed by atoms with van der Waals surface area (Å²) in [6.07, 6.45) is 1.24. The van der Waals surface area contributed by atoms with E-state index in [2.05, 4.69) is 20.5 Å². The third-order valence-electron chi connectivity index (χ3n) is 4.54. The first-order chi connectivity index (χ1) is 12.5. The van der Waals surface area contributed by atoms with E-state index in [-0.39, 0.29) is 5.91 Å². The SMILES string of the molecule is CCNC(=NCC(O)c1ccc(C)cc1)NC1CCN(CC(N)=O)CC1. The molecule has 7 heteroatoms. The van der Waals surface area contributed by atoms with Crippen LogP contribution in [0.3, 0.4) is 0 Å². The van der Waals surface area contributed by atoms with E-state index in [1.54, 1.807) is 0 Å². The Kier molecular flexibility index (Phi) is 7.87. The van der Waals surface area contributed by atoms with E-state index < -0.39 is 6.10 Å². The van der Waals surface area contributed by atoms with Crippen molar-refractivity contribution in [2.75, 3.05) is 32.7 Å². The zero-order valence-electron chi connectivity index (χ0n) is 15.7. The van der Waals surface area contributed by atoms with E-state index in [9.17, 15) is 9.90 Å². The summed E-state index contributed by atoms with van der Waals surface area (Å²) in [7, 11) is 0. The molecule has 0 radical (unpaired) electrons. The number of nitrogens with two attached hydrogens (primary N) is 1. The number of rotatable bonds is 7. The minimum atomic E-state index is -0.622. The molecule has 0 aromatic heterocycles. The second-order valence-corrected chi connectivity index (χ2v) is 6.81. The molecule has 7 nitrogen and oxygen atoms in total. The second kappa shape index (κ2) is 10.1. The molecule has 0 saturated carbocycles. The largest absolute Gasteiger partial charge is 0.386 e. The van der Waals surface area contributed by atoms with Gasteiger partial charge < -0.3 is 21.5 Å². The van der Waals surface area contributed by atoms with Crippen LogP contribution in [-0.2, 0) is 4.79 Å². The van der Waals surface area contributed by atoms with Gasteiger partial charge in [-0.1, -0.05) is 29.8 Å². The number of guanidine groups is 1. The van der Waals surface area contributed by atoms with Crippen LogP contribution in [0.25, 0.3) is 0 Å². The van der Waals surface area contributed by atoms with Crippen molar-refractivity contribution in [2.45, 2.75) is 38.8 Å². The Balaban J connectivity index is 1.86. The predicted octanol–water partition coefficient (Wildman–Crippen LogP) is 0.533. The van der Waals surface area contributed by atoms with Gasteiger partial charge in [0.15, 0.2) is 5.96 Å². The fourth-order valence-corrected chi connectivity index (χ4v) is 3.04. The second-order valence-electron chi connectivity index (χ2n) is 6.81. The van der Waals surface area contributed by atoms with Crippen LogP contribution in [0.5, 0.6) is 0 Å². The lowest BCUT2D eigenvalue weighted by Crippen LogP contribution is -2.49. The topological polar surface area (TPSA) is 103 Å². The molecule has 1 aliphatic heterocycles. The molecule has 26 heavy (non-hydrogen) atoms. The highest BCUT2D eigenvalue weighted by Gasteiger charge is 2.21. The summed E-state index contributed by atoms with van der Waals surface area (Å²) < 4.78 is 0.